The molecule has 164 valence electrons. The Bertz CT molecular complexity index is 860. The van der Waals surface area contributed by atoms with E-state index < -0.39 is 17.8 Å². The van der Waals surface area contributed by atoms with Crippen LogP contribution >= 0.6 is 11.6 Å². The Hall–Kier alpha value is -2.06. The predicted molar refractivity (Wildman–Crippen MR) is 109 cm³/mol. The highest BCUT2D eigenvalue weighted by molar-refractivity contribution is 6.31. The molecular formula is C21H26ClF3N4O. The van der Waals surface area contributed by atoms with Gasteiger partial charge >= 0.3 is 6.18 Å². The van der Waals surface area contributed by atoms with Crippen molar-refractivity contribution in [1.82, 2.24) is 20.0 Å². The number of hydrogen-bond donors (Lipinski definition) is 1. The highest BCUT2D eigenvalue weighted by Crippen LogP contribution is 2.28. The number of aromatic amines is 1. The molecule has 1 N–H and O–H groups in total. The molecule has 2 aromatic rings. The van der Waals surface area contributed by atoms with E-state index in [1.807, 2.05) is 25.1 Å². The van der Waals surface area contributed by atoms with Gasteiger partial charge in [-0.3, -0.25) is 9.89 Å². The Labute approximate surface area is 179 Å². The monoisotopic (exact) mass is 442 g/mol. The minimum absolute atomic E-state index is 0.179. The van der Waals surface area contributed by atoms with Crippen LogP contribution in [0, 0.1) is 6.92 Å². The fourth-order valence-electron chi connectivity index (χ4n) is 3.61. The Balaban J connectivity index is 1.78. The third kappa shape index (κ3) is 5.98. The van der Waals surface area contributed by atoms with Gasteiger partial charge in [-0.25, -0.2) is 0 Å². The predicted octanol–water partition coefficient (Wildman–Crippen LogP) is 4.91. The van der Waals surface area contributed by atoms with Crippen LogP contribution in [-0.2, 0) is 12.7 Å². The van der Waals surface area contributed by atoms with Crippen molar-refractivity contribution in [1.29, 1.82) is 0 Å². The van der Waals surface area contributed by atoms with Crippen molar-refractivity contribution >= 4 is 17.5 Å². The van der Waals surface area contributed by atoms with E-state index in [1.165, 1.54) is 17.7 Å². The van der Waals surface area contributed by atoms with Crippen LogP contribution in [0.3, 0.4) is 0 Å². The summed E-state index contributed by atoms with van der Waals surface area (Å²) in [7, 11) is 0. The lowest BCUT2D eigenvalue weighted by Crippen LogP contribution is -2.39. The van der Waals surface area contributed by atoms with Crippen LogP contribution in [0.5, 0.6) is 0 Å². The van der Waals surface area contributed by atoms with Crippen LogP contribution < -0.4 is 0 Å². The number of carbonyl (C=O) groups is 1. The average Bonchev–Trinajstić information content (AvgIpc) is 3.05. The van der Waals surface area contributed by atoms with Gasteiger partial charge in [-0.1, -0.05) is 36.6 Å². The lowest BCUT2D eigenvalue weighted by atomic mass is 10.1. The molecule has 5 nitrogen and oxygen atoms in total. The Morgan fingerprint density at radius 1 is 1.20 bits per heavy atom. The van der Waals surface area contributed by atoms with Crippen molar-refractivity contribution < 1.29 is 18.0 Å². The first-order valence-electron chi connectivity index (χ1n) is 10.1. The second kappa shape index (κ2) is 9.83. The summed E-state index contributed by atoms with van der Waals surface area (Å²) >= 11 is 6.34. The largest absolute Gasteiger partial charge is 0.435 e. The van der Waals surface area contributed by atoms with E-state index in [9.17, 15) is 18.0 Å². The molecule has 0 atom stereocenters. The average molecular weight is 443 g/mol. The first-order valence-corrected chi connectivity index (χ1v) is 10.5. The van der Waals surface area contributed by atoms with Crippen LogP contribution in [0.4, 0.5) is 13.2 Å². The molecule has 3 rings (SSSR count). The quantitative estimate of drug-likeness (QED) is 0.691. The van der Waals surface area contributed by atoms with E-state index in [0.29, 0.717) is 18.1 Å². The molecule has 0 aliphatic carbocycles. The number of H-pyrrole nitrogens is 1. The fourth-order valence-corrected chi connectivity index (χ4v) is 3.90. The Morgan fingerprint density at radius 2 is 1.90 bits per heavy atom. The van der Waals surface area contributed by atoms with Crippen LogP contribution in [0.25, 0.3) is 0 Å². The van der Waals surface area contributed by atoms with Gasteiger partial charge in [0.25, 0.3) is 5.91 Å². The molecule has 0 bridgehead atoms. The van der Waals surface area contributed by atoms with Crippen molar-refractivity contribution in [2.45, 2.75) is 45.3 Å². The number of carbonyl (C=O) groups excluding carboxylic acids is 1. The molecular weight excluding hydrogens is 417 g/mol. The maximum absolute atomic E-state index is 13.0. The fraction of sp³-hybridized carbons (Fsp3) is 0.524. The number of likely N-dealkylation sites (tertiary alicyclic amines) is 1. The van der Waals surface area contributed by atoms with Crippen LogP contribution in [-0.4, -0.2) is 52.1 Å². The zero-order valence-electron chi connectivity index (χ0n) is 16.9. The zero-order valence-corrected chi connectivity index (χ0v) is 17.7. The molecule has 30 heavy (non-hydrogen) atoms. The number of hydrogen-bond acceptors (Lipinski definition) is 3. The number of rotatable bonds is 6. The highest BCUT2D eigenvalue weighted by atomic mass is 35.5. The second-order valence-corrected chi connectivity index (χ2v) is 8.15. The van der Waals surface area contributed by atoms with Gasteiger partial charge in [-0.2, -0.15) is 18.3 Å². The van der Waals surface area contributed by atoms with Crippen molar-refractivity contribution in [2.75, 3.05) is 26.2 Å². The number of alkyl halides is 3. The summed E-state index contributed by atoms with van der Waals surface area (Å²) in [6.07, 6.45) is 0.0333. The number of aryl methyl sites for hydroxylation is 1. The summed E-state index contributed by atoms with van der Waals surface area (Å²) < 4.78 is 38.7. The first kappa shape index (κ1) is 22.6. The van der Waals surface area contributed by atoms with Crippen molar-refractivity contribution in [3.8, 4) is 0 Å². The van der Waals surface area contributed by atoms with E-state index in [-0.39, 0.29) is 12.2 Å². The van der Waals surface area contributed by atoms with Gasteiger partial charge in [-0.15, -0.1) is 0 Å². The Morgan fingerprint density at radius 3 is 2.50 bits per heavy atom. The molecule has 0 unspecified atom stereocenters. The molecule has 9 heteroatoms. The van der Waals surface area contributed by atoms with E-state index in [1.54, 1.807) is 0 Å². The topological polar surface area (TPSA) is 52.2 Å². The normalized spacial score (nSPS) is 15.8. The van der Waals surface area contributed by atoms with E-state index in [0.717, 1.165) is 43.1 Å². The van der Waals surface area contributed by atoms with Gasteiger partial charge in [0.05, 0.1) is 0 Å². The van der Waals surface area contributed by atoms with Crippen LogP contribution in [0.2, 0.25) is 5.02 Å². The lowest BCUT2D eigenvalue weighted by Gasteiger charge is -2.27. The summed E-state index contributed by atoms with van der Waals surface area (Å²) in [6.45, 7) is 5.12. The summed E-state index contributed by atoms with van der Waals surface area (Å²) in [5.74, 6) is -0.524. The maximum atomic E-state index is 13.0. The second-order valence-electron chi connectivity index (χ2n) is 7.74. The number of halogens is 4. The number of amides is 1. The highest BCUT2D eigenvalue weighted by Gasteiger charge is 2.35. The van der Waals surface area contributed by atoms with E-state index in [2.05, 4.69) is 15.1 Å². The molecule has 1 amide bonds. The van der Waals surface area contributed by atoms with Gasteiger partial charge in [0.15, 0.2) is 5.69 Å². The molecule has 1 aromatic carbocycles. The molecule has 1 aliphatic heterocycles. The van der Waals surface area contributed by atoms with Gasteiger partial charge in [-0.05, 0) is 50.0 Å². The SMILES string of the molecule is Cc1ccc(CN(CCN2CCCCCC2)C(=O)c2cc(C(F)(F)F)n[nH]2)c(Cl)c1. The number of benzene rings is 1. The van der Waals surface area contributed by atoms with Crippen LogP contribution in [0.15, 0.2) is 24.3 Å². The summed E-state index contributed by atoms with van der Waals surface area (Å²) in [6, 6.07) is 6.32. The number of nitrogens with one attached hydrogen (secondary N) is 1. The van der Waals surface area contributed by atoms with Gasteiger partial charge in [0, 0.05) is 30.7 Å². The summed E-state index contributed by atoms with van der Waals surface area (Å²) in [4.78, 5) is 16.9. The molecule has 1 saturated heterocycles. The molecule has 1 aromatic heterocycles. The molecule has 2 heterocycles. The Kier molecular flexibility index (Phi) is 7.41. The van der Waals surface area contributed by atoms with Crippen molar-refractivity contribution in [3.63, 3.8) is 0 Å². The minimum atomic E-state index is -4.60. The first-order chi connectivity index (χ1) is 14.2. The summed E-state index contributed by atoms with van der Waals surface area (Å²) in [5, 5.41) is 6.03. The molecule has 1 aliphatic rings. The van der Waals surface area contributed by atoms with Gasteiger partial charge in [0.2, 0.25) is 0 Å². The molecule has 0 spiro atoms. The van der Waals surface area contributed by atoms with E-state index >= 15 is 0 Å². The molecule has 0 saturated carbocycles. The number of nitrogens with zero attached hydrogens (tertiary/aromatic N) is 3. The van der Waals surface area contributed by atoms with Crippen LogP contribution in [0.1, 0.15) is 53.0 Å². The molecule has 1 fully saturated rings. The summed E-state index contributed by atoms with van der Waals surface area (Å²) in [5.41, 5.74) is 0.463. The maximum Gasteiger partial charge on any atom is 0.435 e. The molecule has 0 radical (unpaired) electrons. The lowest BCUT2D eigenvalue weighted by molar-refractivity contribution is -0.141. The zero-order chi connectivity index (χ0) is 21.7. The number of aromatic nitrogens is 2. The van der Waals surface area contributed by atoms with Gasteiger partial charge in [0.1, 0.15) is 5.69 Å². The smallest absolute Gasteiger partial charge is 0.332 e. The standard InChI is InChI=1S/C21H26ClF3N4O/c1-15-6-7-16(17(22)12-15)14-29(11-10-28-8-4-2-3-5-9-28)20(30)18-13-19(27-26-18)21(23,24)25/h6-7,12-13H,2-5,8-11,14H2,1H3,(H,26,27). The van der Waals surface area contributed by atoms with Crippen molar-refractivity contribution in [2.24, 2.45) is 0 Å². The third-order valence-corrected chi connectivity index (χ3v) is 5.69. The minimum Gasteiger partial charge on any atom is -0.332 e. The third-order valence-electron chi connectivity index (χ3n) is 5.34. The van der Waals surface area contributed by atoms with E-state index in [4.69, 9.17) is 11.6 Å². The van der Waals surface area contributed by atoms with Gasteiger partial charge < -0.3 is 9.80 Å². The van der Waals surface area contributed by atoms with Crippen molar-refractivity contribution in [3.05, 3.63) is 51.8 Å².